The van der Waals surface area contributed by atoms with Crippen LogP contribution in [0.5, 0.6) is 0 Å². The lowest BCUT2D eigenvalue weighted by Gasteiger charge is -2.47. The minimum Gasteiger partial charge on any atom is -0.370 e. The average Bonchev–Trinajstić information content (AvgIpc) is 2.90. The molecule has 1 aromatic heterocycles. The second-order valence-electron chi connectivity index (χ2n) is 11.7. The lowest BCUT2D eigenvalue weighted by Crippen LogP contribution is -2.66. The van der Waals surface area contributed by atoms with Crippen molar-refractivity contribution in [3.63, 3.8) is 0 Å². The quantitative estimate of drug-likeness (QED) is 0.408. The number of nitrogens with zero attached hydrogens (tertiary/aromatic N) is 5. The highest BCUT2D eigenvalue weighted by Gasteiger charge is 2.46. The molecule has 0 radical (unpaired) electrons. The van der Waals surface area contributed by atoms with Crippen molar-refractivity contribution in [1.82, 2.24) is 19.8 Å². The monoisotopic (exact) mass is 560 g/mol. The van der Waals surface area contributed by atoms with Crippen molar-refractivity contribution in [2.75, 3.05) is 44.7 Å². The number of anilines is 1. The topological polar surface area (TPSA) is 129 Å². The Labute approximate surface area is 238 Å². The maximum Gasteiger partial charge on any atom is 0.256 e. The van der Waals surface area contributed by atoms with Crippen LogP contribution in [0, 0.1) is 17.8 Å². The summed E-state index contributed by atoms with van der Waals surface area (Å²) in [6, 6.07) is 5.76. The summed E-state index contributed by atoms with van der Waals surface area (Å²) in [6.45, 7) is 12.2. The van der Waals surface area contributed by atoms with Crippen LogP contribution in [0.1, 0.15) is 60.3 Å². The number of nitrogens with two attached hydrogens (primary N) is 1. The second kappa shape index (κ2) is 16.3. The summed E-state index contributed by atoms with van der Waals surface area (Å²) >= 11 is 0. The molecule has 2 unspecified atom stereocenters. The van der Waals surface area contributed by atoms with Gasteiger partial charge in [0.2, 0.25) is 5.91 Å². The predicted octanol–water partition coefficient (Wildman–Crippen LogP) is 2.31. The van der Waals surface area contributed by atoms with E-state index in [0.717, 1.165) is 11.7 Å². The molecule has 0 aromatic carbocycles. The lowest BCUT2D eigenvalue weighted by atomic mass is 9.95. The van der Waals surface area contributed by atoms with Gasteiger partial charge in [-0.2, -0.15) is 5.06 Å². The van der Waals surface area contributed by atoms with E-state index in [9.17, 15) is 19.2 Å². The minimum absolute atomic E-state index is 0.140. The molecule has 2 saturated heterocycles. The van der Waals surface area contributed by atoms with Crippen LogP contribution in [-0.4, -0.2) is 95.9 Å². The zero-order valence-electron chi connectivity index (χ0n) is 25.0. The van der Waals surface area contributed by atoms with E-state index in [1.54, 1.807) is 13.2 Å². The Morgan fingerprint density at radius 2 is 1.82 bits per heavy atom. The Hall–Kier alpha value is -3.05. The minimum atomic E-state index is -0.838. The third-order valence-corrected chi connectivity index (χ3v) is 6.64. The van der Waals surface area contributed by atoms with Gasteiger partial charge in [-0.3, -0.25) is 19.2 Å². The van der Waals surface area contributed by atoms with Crippen molar-refractivity contribution < 1.29 is 24.0 Å². The van der Waals surface area contributed by atoms with Crippen LogP contribution in [0.2, 0.25) is 0 Å². The summed E-state index contributed by atoms with van der Waals surface area (Å²) in [4.78, 5) is 65.7. The first-order valence-corrected chi connectivity index (χ1v) is 14.3. The maximum atomic E-state index is 13.8. The standard InChI is InChI=1S/C25H38N6O5.C4H10/c1-18(2)16-20-25(35)30(14-15-32)23(17-28(3)11-9-21(26)33)31(36-20)24(34)19-7-12-29(13-8-19)22-6-4-5-10-27-22;1-4(2)3/h4-6,10,15,18-20,23H,7-9,11-14,16-17H2,1-3H3,(H2,26,33);4H,1-3H3. The Morgan fingerprint density at radius 3 is 2.35 bits per heavy atom. The molecule has 2 fully saturated rings. The molecule has 2 aliphatic heterocycles. The molecule has 11 heteroatoms. The van der Waals surface area contributed by atoms with Crippen LogP contribution in [0.15, 0.2) is 24.4 Å². The number of hydrogen-bond donors (Lipinski definition) is 1. The highest BCUT2D eigenvalue weighted by Crippen LogP contribution is 2.29. The number of rotatable bonds is 11. The lowest BCUT2D eigenvalue weighted by molar-refractivity contribution is -0.269. The zero-order valence-corrected chi connectivity index (χ0v) is 25.0. The molecule has 0 bridgehead atoms. The van der Waals surface area contributed by atoms with Gasteiger partial charge in [0.05, 0.1) is 6.54 Å². The fraction of sp³-hybridized carbons (Fsp3) is 0.690. The van der Waals surface area contributed by atoms with E-state index >= 15 is 0 Å². The van der Waals surface area contributed by atoms with Crippen LogP contribution in [-0.2, 0) is 24.0 Å². The van der Waals surface area contributed by atoms with E-state index in [4.69, 9.17) is 10.6 Å². The first-order valence-electron chi connectivity index (χ1n) is 14.3. The number of aromatic nitrogens is 1. The van der Waals surface area contributed by atoms with E-state index in [0.29, 0.717) is 45.2 Å². The second-order valence-corrected chi connectivity index (χ2v) is 11.7. The molecule has 2 atom stereocenters. The normalized spacial score (nSPS) is 20.1. The molecule has 3 rings (SSSR count). The number of carbonyl (C=O) groups excluding carboxylic acids is 4. The number of carbonyl (C=O) groups is 4. The van der Waals surface area contributed by atoms with Gasteiger partial charge in [0.1, 0.15) is 18.3 Å². The number of amides is 3. The summed E-state index contributed by atoms with van der Waals surface area (Å²) in [6.07, 6.45) is 2.61. The van der Waals surface area contributed by atoms with Crippen molar-refractivity contribution in [3.05, 3.63) is 24.4 Å². The fourth-order valence-electron chi connectivity index (χ4n) is 4.69. The molecule has 0 aliphatic carbocycles. The predicted molar refractivity (Wildman–Crippen MR) is 154 cm³/mol. The van der Waals surface area contributed by atoms with E-state index in [-0.39, 0.29) is 43.2 Å². The number of aldehydes is 1. The highest BCUT2D eigenvalue weighted by atomic mass is 16.7. The first-order chi connectivity index (χ1) is 18.9. The van der Waals surface area contributed by atoms with Crippen molar-refractivity contribution in [3.8, 4) is 0 Å². The molecular formula is C29H48N6O5. The fourth-order valence-corrected chi connectivity index (χ4v) is 4.69. The van der Waals surface area contributed by atoms with Gasteiger partial charge in [-0.1, -0.05) is 40.7 Å². The molecule has 2 aliphatic rings. The largest absolute Gasteiger partial charge is 0.370 e. The SMILES string of the molecule is CC(C)C.CC(C)CC1ON(C(=O)C2CCN(c3ccccn3)CC2)C(CN(C)CCC(N)=O)N(CC=O)C1=O. The Bertz CT molecular complexity index is 949. The van der Waals surface area contributed by atoms with Gasteiger partial charge in [0.25, 0.3) is 11.8 Å². The zero-order chi connectivity index (χ0) is 29.8. The van der Waals surface area contributed by atoms with Gasteiger partial charge in [-0.05, 0) is 50.3 Å². The van der Waals surface area contributed by atoms with Crippen molar-refractivity contribution in [1.29, 1.82) is 0 Å². The summed E-state index contributed by atoms with van der Waals surface area (Å²) in [5, 5.41) is 1.32. The van der Waals surface area contributed by atoms with Gasteiger partial charge < -0.3 is 25.2 Å². The number of hydrogen-bond acceptors (Lipinski definition) is 8. The third kappa shape index (κ3) is 10.2. The molecule has 0 spiro atoms. The van der Waals surface area contributed by atoms with Crippen LogP contribution < -0.4 is 10.6 Å². The van der Waals surface area contributed by atoms with Crippen LogP contribution in [0.25, 0.3) is 0 Å². The summed E-state index contributed by atoms with van der Waals surface area (Å²) in [7, 11) is 1.78. The molecule has 3 amide bonds. The highest BCUT2D eigenvalue weighted by molar-refractivity contribution is 5.86. The smallest absolute Gasteiger partial charge is 0.256 e. The molecular weight excluding hydrogens is 512 g/mol. The van der Waals surface area contributed by atoms with Crippen LogP contribution in [0.3, 0.4) is 0 Å². The molecule has 3 heterocycles. The number of piperidine rings is 1. The van der Waals surface area contributed by atoms with E-state index < -0.39 is 18.2 Å². The summed E-state index contributed by atoms with van der Waals surface area (Å²) in [5.41, 5.74) is 5.29. The van der Waals surface area contributed by atoms with Crippen molar-refractivity contribution in [2.24, 2.45) is 23.5 Å². The summed E-state index contributed by atoms with van der Waals surface area (Å²) < 4.78 is 0. The first kappa shape index (κ1) is 33.2. The number of primary amides is 1. The maximum absolute atomic E-state index is 13.8. The van der Waals surface area contributed by atoms with Crippen LogP contribution in [0.4, 0.5) is 5.82 Å². The van der Waals surface area contributed by atoms with E-state index in [1.807, 2.05) is 36.9 Å². The molecule has 224 valence electrons. The van der Waals surface area contributed by atoms with Crippen LogP contribution >= 0.6 is 0 Å². The van der Waals surface area contributed by atoms with Gasteiger partial charge in [0.15, 0.2) is 6.10 Å². The van der Waals surface area contributed by atoms with E-state index in [2.05, 4.69) is 30.7 Å². The van der Waals surface area contributed by atoms with Gasteiger partial charge in [-0.25, -0.2) is 4.98 Å². The summed E-state index contributed by atoms with van der Waals surface area (Å²) in [5.74, 6) is 0.650. The average molecular weight is 561 g/mol. The van der Waals surface area contributed by atoms with Gasteiger partial charge >= 0.3 is 0 Å². The Morgan fingerprint density at radius 1 is 1.18 bits per heavy atom. The number of likely N-dealkylation sites (N-methyl/N-ethyl adjacent to an activating group) is 1. The van der Waals surface area contributed by atoms with Gasteiger partial charge in [-0.15, -0.1) is 0 Å². The van der Waals surface area contributed by atoms with Gasteiger partial charge in [0, 0.05) is 44.7 Å². The molecule has 40 heavy (non-hydrogen) atoms. The molecule has 0 saturated carbocycles. The van der Waals surface area contributed by atoms with Crippen molar-refractivity contribution in [2.45, 2.75) is 72.6 Å². The Kier molecular flexibility index (Phi) is 13.5. The Balaban J connectivity index is 0.00000131. The number of hydroxylamine groups is 2. The number of pyridine rings is 1. The molecule has 1 aromatic rings. The van der Waals surface area contributed by atoms with Crippen molar-refractivity contribution >= 4 is 29.8 Å². The third-order valence-electron chi connectivity index (χ3n) is 6.64. The molecule has 2 N–H and O–H groups in total. The van der Waals surface area contributed by atoms with E-state index in [1.165, 1.54) is 9.96 Å². The molecule has 11 nitrogen and oxygen atoms in total.